The largest absolute Gasteiger partial charge is 0.493 e. The Bertz CT molecular complexity index is 2250. The summed E-state index contributed by atoms with van der Waals surface area (Å²) in [6.07, 6.45) is 8.65. The standard InChI is InChI=1S/C49H42F10O2/c1-2-29(9-5-3-7-19-60-34-13-17-36(42(52)27-34)30-11-15-38(40(50)21-30)32-23-44(54)48(58)45(55)24-32)10-6-4-8-20-61-35-14-18-37(43(53)28-35)31-12-16-39(41(51)22-31)33-25-46(56)49(59)47(57)26-33/h11-18,21-29H,2-10,19-20H2,1H3. The van der Waals surface area contributed by atoms with Gasteiger partial charge in [0.15, 0.2) is 34.9 Å². The van der Waals surface area contributed by atoms with Gasteiger partial charge in [0.25, 0.3) is 0 Å². The van der Waals surface area contributed by atoms with Crippen LogP contribution in [0.2, 0.25) is 0 Å². The van der Waals surface area contributed by atoms with E-state index in [1.165, 1.54) is 48.5 Å². The van der Waals surface area contributed by atoms with Gasteiger partial charge in [-0.3, -0.25) is 0 Å². The zero-order valence-electron chi connectivity index (χ0n) is 33.2. The molecule has 6 rings (SSSR count). The van der Waals surface area contributed by atoms with Gasteiger partial charge in [0.2, 0.25) is 0 Å². The molecule has 0 aliphatic rings. The molecule has 0 unspecified atom stereocenters. The summed E-state index contributed by atoms with van der Waals surface area (Å²) >= 11 is 0. The van der Waals surface area contributed by atoms with Gasteiger partial charge in [-0.15, -0.1) is 0 Å². The molecule has 0 aliphatic heterocycles. The van der Waals surface area contributed by atoms with E-state index >= 15 is 8.78 Å². The lowest BCUT2D eigenvalue weighted by atomic mass is 9.93. The number of benzene rings is 6. The molecular weight excluding hydrogens is 811 g/mol. The normalized spacial score (nSPS) is 11.4. The first-order valence-electron chi connectivity index (χ1n) is 20.1. The van der Waals surface area contributed by atoms with Crippen LogP contribution in [-0.2, 0) is 0 Å². The van der Waals surface area contributed by atoms with Crippen molar-refractivity contribution in [2.75, 3.05) is 13.2 Å². The second-order valence-corrected chi connectivity index (χ2v) is 14.9. The van der Waals surface area contributed by atoms with Gasteiger partial charge < -0.3 is 9.47 Å². The summed E-state index contributed by atoms with van der Waals surface area (Å²) in [6, 6.07) is 18.8. The molecule has 0 saturated heterocycles. The number of halogens is 10. The van der Waals surface area contributed by atoms with Gasteiger partial charge in [0.05, 0.1) is 13.2 Å². The van der Waals surface area contributed by atoms with Crippen LogP contribution in [0.15, 0.2) is 97.1 Å². The highest BCUT2D eigenvalue weighted by Crippen LogP contribution is 2.34. The summed E-state index contributed by atoms with van der Waals surface area (Å²) in [7, 11) is 0. The third kappa shape index (κ3) is 11.3. The number of ether oxygens (including phenoxy) is 2. The van der Waals surface area contributed by atoms with Crippen LogP contribution in [-0.4, -0.2) is 13.2 Å². The van der Waals surface area contributed by atoms with Crippen LogP contribution in [0.1, 0.15) is 64.7 Å². The summed E-state index contributed by atoms with van der Waals surface area (Å²) in [4.78, 5) is 0. The maximum Gasteiger partial charge on any atom is 0.194 e. The molecular formula is C49H42F10O2. The quantitative estimate of drug-likeness (QED) is 0.0459. The zero-order chi connectivity index (χ0) is 43.6. The molecule has 61 heavy (non-hydrogen) atoms. The summed E-state index contributed by atoms with van der Waals surface area (Å²) in [6.45, 7) is 2.96. The van der Waals surface area contributed by atoms with Crippen molar-refractivity contribution >= 4 is 0 Å². The minimum absolute atomic E-state index is 0.113. The molecule has 2 nitrogen and oxygen atoms in total. The van der Waals surface area contributed by atoms with Crippen molar-refractivity contribution in [3.05, 3.63) is 155 Å². The highest BCUT2D eigenvalue weighted by molar-refractivity contribution is 5.73. The predicted octanol–water partition coefficient (Wildman–Crippen LogP) is 15.4. The fourth-order valence-electron chi connectivity index (χ4n) is 7.25. The van der Waals surface area contributed by atoms with Crippen LogP contribution in [0.25, 0.3) is 44.5 Å². The van der Waals surface area contributed by atoms with Crippen LogP contribution in [0, 0.1) is 64.1 Å². The summed E-state index contributed by atoms with van der Waals surface area (Å²) in [5, 5.41) is 0. The Hall–Kier alpha value is -5.78. The SMILES string of the molecule is CCC(CCCCCOc1ccc(-c2ccc(-c3cc(F)c(F)c(F)c3)c(F)c2)c(F)c1)CCCCCOc1ccc(-c2ccc(-c3cc(F)c(F)c(F)c3)c(F)c2)c(F)c1. The first-order valence-corrected chi connectivity index (χ1v) is 20.1. The first kappa shape index (κ1) is 44.8. The number of unbranched alkanes of at least 4 members (excludes halogenated alkanes) is 4. The molecule has 320 valence electrons. The van der Waals surface area contributed by atoms with E-state index in [0.29, 0.717) is 54.9 Å². The van der Waals surface area contributed by atoms with Crippen LogP contribution >= 0.6 is 0 Å². The molecule has 12 heteroatoms. The molecule has 0 aromatic heterocycles. The van der Waals surface area contributed by atoms with Crippen LogP contribution in [0.5, 0.6) is 11.5 Å². The van der Waals surface area contributed by atoms with Crippen LogP contribution in [0.4, 0.5) is 43.9 Å². The van der Waals surface area contributed by atoms with Gasteiger partial charge in [-0.25, -0.2) is 43.9 Å². The monoisotopic (exact) mass is 852 g/mol. The van der Waals surface area contributed by atoms with Crippen molar-refractivity contribution in [2.24, 2.45) is 5.92 Å². The van der Waals surface area contributed by atoms with E-state index in [2.05, 4.69) is 6.92 Å². The van der Waals surface area contributed by atoms with E-state index in [1.807, 2.05) is 0 Å². The van der Waals surface area contributed by atoms with Crippen molar-refractivity contribution in [3.63, 3.8) is 0 Å². The molecule has 0 fully saturated rings. The fraction of sp³-hybridized carbons (Fsp3) is 0.265. The Morgan fingerprint density at radius 1 is 0.361 bits per heavy atom. The summed E-state index contributed by atoms with van der Waals surface area (Å²) in [5.41, 5.74) is -0.0438. The van der Waals surface area contributed by atoms with E-state index < -0.39 is 58.2 Å². The molecule has 0 heterocycles. The van der Waals surface area contributed by atoms with E-state index in [-0.39, 0.29) is 44.5 Å². The molecule has 0 saturated carbocycles. The lowest BCUT2D eigenvalue weighted by Crippen LogP contribution is -2.02. The third-order valence-corrected chi connectivity index (χ3v) is 10.7. The van der Waals surface area contributed by atoms with E-state index in [0.717, 1.165) is 69.9 Å². The molecule has 0 spiro atoms. The van der Waals surface area contributed by atoms with Crippen LogP contribution < -0.4 is 9.47 Å². The topological polar surface area (TPSA) is 18.5 Å². The Kier molecular flexibility index (Phi) is 15.2. The molecule has 0 N–H and O–H groups in total. The van der Waals surface area contributed by atoms with Gasteiger partial charge in [0.1, 0.15) is 34.8 Å². The van der Waals surface area contributed by atoms with E-state index in [9.17, 15) is 35.1 Å². The van der Waals surface area contributed by atoms with Gasteiger partial charge in [0, 0.05) is 34.4 Å². The summed E-state index contributed by atoms with van der Waals surface area (Å²) < 4.78 is 153. The second-order valence-electron chi connectivity index (χ2n) is 14.9. The second kappa shape index (κ2) is 20.7. The predicted molar refractivity (Wildman–Crippen MR) is 216 cm³/mol. The van der Waals surface area contributed by atoms with Crippen molar-refractivity contribution in [3.8, 4) is 56.0 Å². The molecule has 0 amide bonds. The maximum atomic E-state index is 15.0. The number of hydrogen-bond donors (Lipinski definition) is 0. The molecule has 0 atom stereocenters. The molecule has 0 bridgehead atoms. The van der Waals surface area contributed by atoms with Gasteiger partial charge in [-0.2, -0.15) is 0 Å². The number of hydrogen-bond acceptors (Lipinski definition) is 2. The van der Waals surface area contributed by atoms with Gasteiger partial charge >= 0.3 is 0 Å². The molecule has 6 aromatic rings. The fourth-order valence-corrected chi connectivity index (χ4v) is 7.25. The van der Waals surface area contributed by atoms with E-state index in [4.69, 9.17) is 9.47 Å². The first-order chi connectivity index (χ1) is 29.3. The Morgan fingerprint density at radius 3 is 1.03 bits per heavy atom. The molecule has 6 aromatic carbocycles. The zero-order valence-corrected chi connectivity index (χ0v) is 33.2. The van der Waals surface area contributed by atoms with Crippen molar-refractivity contribution < 1.29 is 53.4 Å². The van der Waals surface area contributed by atoms with Gasteiger partial charge in [-0.05, 0) is 102 Å². The maximum absolute atomic E-state index is 15.0. The van der Waals surface area contributed by atoms with E-state index in [1.54, 1.807) is 12.1 Å². The highest BCUT2D eigenvalue weighted by Gasteiger charge is 2.18. The van der Waals surface area contributed by atoms with Crippen molar-refractivity contribution in [2.45, 2.75) is 64.7 Å². The lowest BCUT2D eigenvalue weighted by Gasteiger charge is -2.15. The molecule has 0 radical (unpaired) electrons. The minimum atomic E-state index is -1.65. The summed E-state index contributed by atoms with van der Waals surface area (Å²) in [5.74, 6) is -10.8. The molecule has 0 aliphatic carbocycles. The number of rotatable bonds is 19. The smallest absolute Gasteiger partial charge is 0.194 e. The average Bonchev–Trinajstić information content (AvgIpc) is 3.23. The Labute approximate surface area is 347 Å². The Morgan fingerprint density at radius 2 is 0.689 bits per heavy atom. The third-order valence-electron chi connectivity index (χ3n) is 10.7. The average molecular weight is 853 g/mol. The van der Waals surface area contributed by atoms with Gasteiger partial charge in [-0.1, -0.05) is 76.1 Å². The Balaban J connectivity index is 0.863. The minimum Gasteiger partial charge on any atom is -0.493 e. The lowest BCUT2D eigenvalue weighted by molar-refractivity contribution is 0.294. The van der Waals surface area contributed by atoms with Crippen LogP contribution in [0.3, 0.4) is 0 Å². The van der Waals surface area contributed by atoms with Crippen molar-refractivity contribution in [1.29, 1.82) is 0 Å². The van der Waals surface area contributed by atoms with Crippen molar-refractivity contribution in [1.82, 2.24) is 0 Å². The highest BCUT2D eigenvalue weighted by atomic mass is 19.2.